The van der Waals surface area contributed by atoms with Crippen molar-refractivity contribution in [3.8, 4) is 0 Å². The summed E-state index contributed by atoms with van der Waals surface area (Å²) in [5.74, 6) is 0. The van der Waals surface area contributed by atoms with Crippen molar-refractivity contribution >= 4 is 27.8 Å². The first-order valence-electron chi connectivity index (χ1n) is 6.48. The SMILES string of the molecule is CCCNC(C)c1cnc(N(C)Cc2cscn2)s1. The number of aromatic nitrogens is 2. The van der Waals surface area contributed by atoms with Gasteiger partial charge in [-0.25, -0.2) is 9.97 Å². The van der Waals surface area contributed by atoms with E-state index < -0.39 is 0 Å². The molecule has 6 heteroatoms. The van der Waals surface area contributed by atoms with Gasteiger partial charge in [0.05, 0.1) is 17.7 Å². The topological polar surface area (TPSA) is 41.1 Å². The Hall–Kier alpha value is -0.980. The van der Waals surface area contributed by atoms with Crippen molar-refractivity contribution in [1.29, 1.82) is 0 Å². The van der Waals surface area contributed by atoms with Crippen molar-refractivity contribution in [1.82, 2.24) is 15.3 Å². The fourth-order valence-corrected chi connectivity index (χ4v) is 3.19. The van der Waals surface area contributed by atoms with Gasteiger partial charge in [0.15, 0.2) is 5.13 Å². The maximum atomic E-state index is 4.51. The Morgan fingerprint density at radius 2 is 2.26 bits per heavy atom. The van der Waals surface area contributed by atoms with Crippen LogP contribution in [0.15, 0.2) is 17.1 Å². The van der Waals surface area contributed by atoms with Crippen LogP contribution in [0.2, 0.25) is 0 Å². The number of hydrogen-bond acceptors (Lipinski definition) is 6. The Morgan fingerprint density at radius 1 is 1.42 bits per heavy atom. The molecule has 0 spiro atoms. The Kier molecular flexibility index (Phi) is 5.30. The molecule has 1 N–H and O–H groups in total. The lowest BCUT2D eigenvalue weighted by atomic mass is 10.3. The molecule has 2 heterocycles. The molecular formula is C13H20N4S2. The molecule has 0 aliphatic heterocycles. The van der Waals surface area contributed by atoms with Gasteiger partial charge in [-0.1, -0.05) is 6.92 Å². The zero-order chi connectivity index (χ0) is 13.7. The molecule has 0 aliphatic carbocycles. The van der Waals surface area contributed by atoms with Gasteiger partial charge in [0.1, 0.15) is 0 Å². The highest BCUT2D eigenvalue weighted by molar-refractivity contribution is 7.15. The van der Waals surface area contributed by atoms with Crippen molar-refractivity contribution in [3.63, 3.8) is 0 Å². The third-order valence-corrected chi connectivity index (χ3v) is 4.78. The maximum absolute atomic E-state index is 4.51. The molecular weight excluding hydrogens is 276 g/mol. The summed E-state index contributed by atoms with van der Waals surface area (Å²) in [7, 11) is 2.06. The third-order valence-electron chi connectivity index (χ3n) is 2.85. The molecule has 0 saturated heterocycles. The van der Waals surface area contributed by atoms with E-state index in [-0.39, 0.29) is 0 Å². The number of thiazole rings is 2. The van der Waals surface area contributed by atoms with Gasteiger partial charge in [-0.05, 0) is 19.9 Å². The second-order valence-corrected chi connectivity index (χ2v) is 6.32. The molecule has 19 heavy (non-hydrogen) atoms. The van der Waals surface area contributed by atoms with E-state index in [1.165, 1.54) is 4.88 Å². The smallest absolute Gasteiger partial charge is 0.185 e. The second kappa shape index (κ2) is 6.98. The summed E-state index contributed by atoms with van der Waals surface area (Å²) < 4.78 is 0. The van der Waals surface area contributed by atoms with Crippen LogP contribution in [-0.2, 0) is 6.54 Å². The Bertz CT molecular complexity index is 481. The van der Waals surface area contributed by atoms with Gasteiger partial charge in [0, 0.05) is 29.5 Å². The van der Waals surface area contributed by atoms with Crippen LogP contribution in [0, 0.1) is 0 Å². The number of hydrogen-bond donors (Lipinski definition) is 1. The number of rotatable bonds is 7. The molecule has 2 aromatic rings. The van der Waals surface area contributed by atoms with E-state index in [1.54, 1.807) is 22.7 Å². The van der Waals surface area contributed by atoms with Crippen LogP contribution in [0.3, 0.4) is 0 Å². The molecule has 1 atom stereocenters. The van der Waals surface area contributed by atoms with Crippen molar-refractivity contribution in [2.24, 2.45) is 0 Å². The first kappa shape index (κ1) is 14.4. The number of nitrogens with zero attached hydrogens (tertiary/aromatic N) is 3. The molecule has 0 saturated carbocycles. The molecule has 4 nitrogen and oxygen atoms in total. The second-order valence-electron chi connectivity index (χ2n) is 4.56. The average molecular weight is 296 g/mol. The normalized spacial score (nSPS) is 12.6. The summed E-state index contributed by atoms with van der Waals surface area (Å²) >= 11 is 3.38. The van der Waals surface area contributed by atoms with Crippen LogP contribution >= 0.6 is 22.7 Å². The molecule has 2 rings (SSSR count). The van der Waals surface area contributed by atoms with Gasteiger partial charge < -0.3 is 10.2 Å². The molecule has 0 amide bonds. The molecule has 0 radical (unpaired) electrons. The van der Waals surface area contributed by atoms with Crippen LogP contribution in [-0.4, -0.2) is 23.6 Å². The molecule has 104 valence electrons. The van der Waals surface area contributed by atoms with Crippen LogP contribution in [0.5, 0.6) is 0 Å². The van der Waals surface area contributed by atoms with Gasteiger partial charge in [0.25, 0.3) is 0 Å². The van der Waals surface area contributed by atoms with E-state index in [0.717, 1.165) is 30.3 Å². The number of anilines is 1. The van der Waals surface area contributed by atoms with Gasteiger partial charge >= 0.3 is 0 Å². The van der Waals surface area contributed by atoms with Gasteiger partial charge in [-0.2, -0.15) is 0 Å². The zero-order valence-corrected chi connectivity index (χ0v) is 13.2. The van der Waals surface area contributed by atoms with Crippen LogP contribution in [0.1, 0.15) is 36.9 Å². The lowest BCUT2D eigenvalue weighted by molar-refractivity contribution is 0.577. The Labute approximate surface area is 122 Å². The van der Waals surface area contributed by atoms with Crippen LogP contribution in [0.25, 0.3) is 0 Å². The fraction of sp³-hybridized carbons (Fsp3) is 0.538. The summed E-state index contributed by atoms with van der Waals surface area (Å²) in [6, 6.07) is 0.374. The third kappa shape index (κ3) is 3.99. The standard InChI is InChI=1S/C13H20N4S2/c1-4-5-14-10(2)12-6-15-13(19-12)17(3)7-11-8-18-9-16-11/h6,8-10,14H,4-5,7H2,1-3H3. The summed E-state index contributed by atoms with van der Waals surface area (Å²) in [6.45, 7) is 6.23. The minimum absolute atomic E-state index is 0.374. The van der Waals surface area contributed by atoms with E-state index in [0.29, 0.717) is 6.04 Å². The average Bonchev–Trinajstić information content (AvgIpc) is 3.06. The summed E-state index contributed by atoms with van der Waals surface area (Å²) in [5, 5.41) is 6.62. The van der Waals surface area contributed by atoms with Crippen molar-refractivity contribution in [3.05, 3.63) is 27.7 Å². The summed E-state index contributed by atoms with van der Waals surface area (Å²) in [6.07, 6.45) is 3.13. The maximum Gasteiger partial charge on any atom is 0.185 e. The first-order valence-corrected chi connectivity index (χ1v) is 8.24. The van der Waals surface area contributed by atoms with Crippen molar-refractivity contribution < 1.29 is 0 Å². The lowest BCUT2D eigenvalue weighted by Crippen LogP contribution is -2.18. The highest BCUT2D eigenvalue weighted by Crippen LogP contribution is 2.27. The van der Waals surface area contributed by atoms with Gasteiger partial charge in [-0.15, -0.1) is 22.7 Å². The van der Waals surface area contributed by atoms with Crippen LogP contribution < -0.4 is 10.2 Å². The molecule has 0 aliphatic rings. The predicted octanol–water partition coefficient (Wildman–Crippen LogP) is 3.30. The molecule has 0 aromatic carbocycles. The summed E-state index contributed by atoms with van der Waals surface area (Å²) in [4.78, 5) is 12.2. The highest BCUT2D eigenvalue weighted by atomic mass is 32.1. The quantitative estimate of drug-likeness (QED) is 0.851. The Balaban J connectivity index is 1.96. The van der Waals surface area contributed by atoms with E-state index >= 15 is 0 Å². The minimum Gasteiger partial charge on any atom is -0.345 e. The zero-order valence-electron chi connectivity index (χ0n) is 11.6. The fourth-order valence-electron chi connectivity index (χ4n) is 1.74. The van der Waals surface area contributed by atoms with E-state index in [1.807, 2.05) is 11.7 Å². The molecule has 0 fully saturated rings. The van der Waals surface area contributed by atoms with Gasteiger partial charge in [0.2, 0.25) is 0 Å². The molecule has 0 bridgehead atoms. The highest BCUT2D eigenvalue weighted by Gasteiger charge is 2.12. The number of nitrogens with one attached hydrogen (secondary N) is 1. The Morgan fingerprint density at radius 3 is 2.95 bits per heavy atom. The lowest BCUT2D eigenvalue weighted by Gasteiger charge is -2.14. The van der Waals surface area contributed by atoms with E-state index in [2.05, 4.69) is 46.5 Å². The van der Waals surface area contributed by atoms with Crippen molar-refractivity contribution in [2.45, 2.75) is 32.9 Å². The molecule has 1 unspecified atom stereocenters. The largest absolute Gasteiger partial charge is 0.345 e. The predicted molar refractivity (Wildman–Crippen MR) is 83.0 cm³/mol. The first-order chi connectivity index (χ1) is 9.20. The monoisotopic (exact) mass is 296 g/mol. The van der Waals surface area contributed by atoms with Crippen molar-refractivity contribution in [2.75, 3.05) is 18.5 Å². The van der Waals surface area contributed by atoms with E-state index in [4.69, 9.17) is 0 Å². The van der Waals surface area contributed by atoms with Crippen LogP contribution in [0.4, 0.5) is 5.13 Å². The minimum atomic E-state index is 0.374. The van der Waals surface area contributed by atoms with Gasteiger partial charge in [-0.3, -0.25) is 0 Å². The molecule has 2 aromatic heterocycles. The van der Waals surface area contributed by atoms with E-state index in [9.17, 15) is 0 Å². The summed E-state index contributed by atoms with van der Waals surface area (Å²) in [5.41, 5.74) is 2.97.